The Morgan fingerprint density at radius 1 is 1.25 bits per heavy atom. The lowest BCUT2D eigenvalue weighted by Gasteiger charge is -2.34. The van der Waals surface area contributed by atoms with Gasteiger partial charge in [-0.05, 0) is 54.9 Å². The van der Waals surface area contributed by atoms with Crippen LogP contribution in [0.4, 0.5) is 4.39 Å². The Kier molecular flexibility index (Phi) is 4.68. The van der Waals surface area contributed by atoms with Crippen LogP contribution in [0.3, 0.4) is 0 Å². The number of halogens is 1. The van der Waals surface area contributed by atoms with E-state index in [9.17, 15) is 14.0 Å². The number of hydrogen-bond donors (Lipinski definition) is 1. The number of carbonyl (C=O) groups is 2. The number of rotatable bonds is 4. The summed E-state index contributed by atoms with van der Waals surface area (Å²) in [5.41, 5.74) is 1.80. The van der Waals surface area contributed by atoms with Gasteiger partial charge in [-0.1, -0.05) is 32.5 Å². The summed E-state index contributed by atoms with van der Waals surface area (Å²) in [6, 6.07) is 5.37. The lowest BCUT2D eigenvalue weighted by Crippen LogP contribution is -2.32. The molecule has 2 saturated carbocycles. The zero-order valence-corrected chi connectivity index (χ0v) is 17.1. The fourth-order valence-corrected chi connectivity index (χ4v) is 5.61. The number of nitrogens with zero attached hydrogens (tertiary/aromatic N) is 2. The summed E-state index contributed by atoms with van der Waals surface area (Å²) < 4.78 is 13.0. The minimum atomic E-state index is -0.538. The van der Waals surface area contributed by atoms with E-state index < -0.39 is 11.1 Å². The third-order valence-electron chi connectivity index (χ3n) is 7.09. The lowest BCUT2D eigenvalue weighted by molar-refractivity contribution is -0.118. The molecule has 1 saturated heterocycles. The van der Waals surface area contributed by atoms with E-state index >= 15 is 0 Å². The number of carbonyl (C=O) groups excluding carboxylic acids is 2. The van der Waals surface area contributed by atoms with Gasteiger partial charge in [0.05, 0.1) is 5.25 Å². The zero-order valence-electron chi connectivity index (χ0n) is 16.3. The molecule has 148 valence electrons. The SMILES string of the molecule is CC12CCC(CC1=N/N=C1/NC(=O)C(CC(=O)c3ccc(F)cc3)S1)C2(C)C. The minimum Gasteiger partial charge on any atom is -0.303 e. The average molecular weight is 402 g/mol. The van der Waals surface area contributed by atoms with E-state index in [2.05, 4.69) is 36.3 Å². The van der Waals surface area contributed by atoms with Crippen molar-refractivity contribution in [2.24, 2.45) is 27.0 Å². The molecule has 3 aliphatic rings. The van der Waals surface area contributed by atoms with E-state index in [0.29, 0.717) is 16.6 Å². The Bertz CT molecular complexity index is 893. The maximum atomic E-state index is 13.0. The Morgan fingerprint density at radius 2 is 1.96 bits per heavy atom. The van der Waals surface area contributed by atoms with Crippen molar-refractivity contribution in [2.75, 3.05) is 0 Å². The molecule has 1 N–H and O–H groups in total. The number of amides is 1. The fraction of sp³-hybridized carbons (Fsp3) is 0.524. The van der Waals surface area contributed by atoms with E-state index in [1.54, 1.807) is 0 Å². The van der Waals surface area contributed by atoms with Crippen molar-refractivity contribution in [1.82, 2.24) is 5.32 Å². The van der Waals surface area contributed by atoms with E-state index in [-0.39, 0.29) is 28.9 Å². The molecule has 1 heterocycles. The van der Waals surface area contributed by atoms with Crippen LogP contribution >= 0.6 is 11.8 Å². The van der Waals surface area contributed by atoms with Gasteiger partial charge >= 0.3 is 0 Å². The largest absolute Gasteiger partial charge is 0.303 e. The van der Waals surface area contributed by atoms with Gasteiger partial charge in [-0.25, -0.2) is 4.39 Å². The molecule has 1 aromatic carbocycles. The highest BCUT2D eigenvalue weighted by atomic mass is 32.2. The number of hydrogen-bond acceptors (Lipinski definition) is 5. The number of nitrogens with one attached hydrogen (secondary N) is 1. The molecule has 4 rings (SSSR count). The van der Waals surface area contributed by atoms with Crippen LogP contribution in [0.25, 0.3) is 0 Å². The van der Waals surface area contributed by atoms with Crippen molar-refractivity contribution in [1.29, 1.82) is 0 Å². The van der Waals surface area contributed by atoms with Crippen LogP contribution in [0.5, 0.6) is 0 Å². The molecule has 1 aliphatic heterocycles. The van der Waals surface area contributed by atoms with E-state index in [1.165, 1.54) is 42.4 Å². The number of thioether (sulfide) groups is 1. The lowest BCUT2D eigenvalue weighted by atomic mass is 9.70. The molecule has 3 unspecified atom stereocenters. The first-order valence-corrected chi connectivity index (χ1v) is 10.5. The molecule has 0 aromatic heterocycles. The summed E-state index contributed by atoms with van der Waals surface area (Å²) in [6.45, 7) is 6.89. The van der Waals surface area contributed by atoms with Crippen LogP contribution in [0.2, 0.25) is 0 Å². The summed E-state index contributed by atoms with van der Waals surface area (Å²) in [5, 5.41) is 11.4. The Hall–Kier alpha value is -2.02. The maximum Gasteiger partial charge on any atom is 0.240 e. The molecule has 2 aliphatic carbocycles. The monoisotopic (exact) mass is 401 g/mol. The molecular weight excluding hydrogens is 377 g/mol. The molecule has 7 heteroatoms. The van der Waals surface area contributed by atoms with Gasteiger partial charge in [0.25, 0.3) is 0 Å². The molecule has 28 heavy (non-hydrogen) atoms. The third-order valence-corrected chi connectivity index (χ3v) is 8.16. The molecule has 3 fully saturated rings. The molecule has 3 atom stereocenters. The predicted molar refractivity (Wildman–Crippen MR) is 109 cm³/mol. The topological polar surface area (TPSA) is 70.9 Å². The number of Topliss-reactive ketones (excluding diaryl/α,β-unsaturated/α-hetero) is 1. The quantitative estimate of drug-likeness (QED) is 0.607. The number of benzene rings is 1. The standard InChI is InChI=1S/C21H24FN3O2S/c1-20(2)13-8-9-21(20,3)17(10-13)24-25-19-23-18(27)16(28-19)11-15(26)12-4-6-14(22)7-5-12/h4-7,13,16H,8-11H2,1-3H3,(H,23,25,27). The van der Waals surface area contributed by atoms with Crippen molar-refractivity contribution >= 4 is 34.3 Å². The molecule has 2 bridgehead atoms. The molecule has 0 radical (unpaired) electrons. The van der Waals surface area contributed by atoms with Crippen molar-refractivity contribution in [3.63, 3.8) is 0 Å². The fourth-order valence-electron chi connectivity index (χ4n) is 4.69. The van der Waals surface area contributed by atoms with Crippen LogP contribution < -0.4 is 5.32 Å². The zero-order chi connectivity index (χ0) is 20.1. The highest BCUT2D eigenvalue weighted by molar-refractivity contribution is 8.15. The van der Waals surface area contributed by atoms with Gasteiger partial charge in [-0.15, -0.1) is 5.10 Å². The average Bonchev–Trinajstić information content (AvgIpc) is 3.17. The van der Waals surface area contributed by atoms with Crippen LogP contribution in [0.1, 0.15) is 56.8 Å². The highest BCUT2D eigenvalue weighted by Gasteiger charge is 2.60. The van der Waals surface area contributed by atoms with Gasteiger partial charge in [-0.2, -0.15) is 5.10 Å². The molecule has 1 aromatic rings. The summed E-state index contributed by atoms with van der Waals surface area (Å²) in [4.78, 5) is 24.6. The van der Waals surface area contributed by atoms with Crippen molar-refractivity contribution in [3.05, 3.63) is 35.6 Å². The Morgan fingerprint density at radius 3 is 2.57 bits per heavy atom. The first kappa shape index (κ1) is 19.3. The van der Waals surface area contributed by atoms with Crippen molar-refractivity contribution in [2.45, 2.75) is 51.7 Å². The summed E-state index contributed by atoms with van der Waals surface area (Å²) >= 11 is 1.23. The summed E-state index contributed by atoms with van der Waals surface area (Å²) in [5.74, 6) is -0.180. The highest BCUT2D eigenvalue weighted by Crippen LogP contribution is 2.64. The second kappa shape index (κ2) is 6.79. The molecule has 1 amide bonds. The van der Waals surface area contributed by atoms with E-state index in [1.807, 2.05) is 0 Å². The van der Waals surface area contributed by atoms with Gasteiger partial charge in [0, 0.05) is 23.1 Å². The third kappa shape index (κ3) is 3.09. The van der Waals surface area contributed by atoms with Gasteiger partial charge in [0.15, 0.2) is 11.0 Å². The molecule has 5 nitrogen and oxygen atoms in total. The second-order valence-electron chi connectivity index (χ2n) is 8.68. The first-order valence-electron chi connectivity index (χ1n) is 9.62. The number of amidine groups is 1. The molecule has 0 spiro atoms. The Balaban J connectivity index is 1.44. The van der Waals surface area contributed by atoms with Crippen molar-refractivity contribution < 1.29 is 14.0 Å². The van der Waals surface area contributed by atoms with E-state index in [4.69, 9.17) is 0 Å². The number of fused-ring (bicyclic) bond motifs is 2. The first-order chi connectivity index (χ1) is 13.2. The van der Waals surface area contributed by atoms with E-state index in [0.717, 1.165) is 18.6 Å². The van der Waals surface area contributed by atoms with Crippen LogP contribution in [0, 0.1) is 22.6 Å². The molecular formula is C21H24FN3O2S. The van der Waals surface area contributed by atoms with Crippen molar-refractivity contribution in [3.8, 4) is 0 Å². The number of ketones is 1. The minimum absolute atomic E-state index is 0.0462. The summed E-state index contributed by atoms with van der Waals surface area (Å²) in [6.07, 6.45) is 3.37. The predicted octanol–water partition coefficient (Wildman–Crippen LogP) is 4.19. The van der Waals surface area contributed by atoms with Gasteiger partial charge in [0.2, 0.25) is 5.91 Å². The summed E-state index contributed by atoms with van der Waals surface area (Å²) in [7, 11) is 0. The van der Waals surface area contributed by atoms with Crippen LogP contribution in [-0.4, -0.2) is 27.8 Å². The van der Waals surface area contributed by atoms with Gasteiger partial charge < -0.3 is 5.32 Å². The van der Waals surface area contributed by atoms with Crippen LogP contribution in [0.15, 0.2) is 34.5 Å². The van der Waals surface area contributed by atoms with Gasteiger partial charge in [0.1, 0.15) is 5.82 Å². The smallest absolute Gasteiger partial charge is 0.240 e. The normalized spacial score (nSPS) is 33.6. The van der Waals surface area contributed by atoms with Crippen LogP contribution in [-0.2, 0) is 4.79 Å². The maximum absolute atomic E-state index is 13.0. The Labute approximate surface area is 168 Å². The second-order valence-corrected chi connectivity index (χ2v) is 9.87. The van der Waals surface area contributed by atoms with Gasteiger partial charge in [-0.3, -0.25) is 9.59 Å².